The number of hydrogen-bond acceptors (Lipinski definition) is 7. The van der Waals surface area contributed by atoms with Crippen LogP contribution in [0.4, 0.5) is 5.69 Å². The Hall–Kier alpha value is -3.59. The van der Waals surface area contributed by atoms with Crippen molar-refractivity contribution in [2.75, 3.05) is 0 Å². The first-order valence-electron chi connectivity index (χ1n) is 7.15. The van der Waals surface area contributed by atoms with Crippen molar-refractivity contribution in [3.63, 3.8) is 0 Å². The Morgan fingerprint density at radius 1 is 1.24 bits per heavy atom. The van der Waals surface area contributed by atoms with Crippen LogP contribution in [0.5, 0.6) is 0 Å². The lowest BCUT2D eigenvalue weighted by Gasteiger charge is -2.12. The Bertz CT molecular complexity index is 1030. The van der Waals surface area contributed by atoms with Crippen molar-refractivity contribution in [1.29, 1.82) is 0 Å². The standard InChI is InChI=1S/C16H12N4O5/c21-15(9-4-2-1-3-5-9)13(19-23)14-16(22)18-12-8-10(20(24)25)6-7-11(12)17-14/h1-8,15,21,23H,(H,18,22)/b19-13+/t15-/m1/s1. The number of hydrogen-bond donors (Lipinski definition) is 3. The molecular formula is C16H12N4O5. The monoisotopic (exact) mass is 340 g/mol. The summed E-state index contributed by atoms with van der Waals surface area (Å²) >= 11 is 0. The highest BCUT2D eigenvalue weighted by molar-refractivity contribution is 6.03. The van der Waals surface area contributed by atoms with Gasteiger partial charge in [-0.05, 0) is 11.6 Å². The lowest BCUT2D eigenvalue weighted by atomic mass is 10.0. The number of oxime groups is 1. The maximum atomic E-state index is 12.3. The van der Waals surface area contributed by atoms with E-state index in [0.29, 0.717) is 5.56 Å². The van der Waals surface area contributed by atoms with Crippen LogP contribution in [0.2, 0.25) is 0 Å². The number of aliphatic hydroxyl groups excluding tert-OH is 1. The second kappa shape index (κ2) is 6.49. The zero-order chi connectivity index (χ0) is 18.0. The average molecular weight is 340 g/mol. The van der Waals surface area contributed by atoms with Gasteiger partial charge in [0.2, 0.25) is 0 Å². The SMILES string of the molecule is O=c1[nH]c2cc([N+](=O)[O-])ccc2nc1/C(=N\O)[C@H](O)c1ccccc1. The number of nitrogens with one attached hydrogen (secondary N) is 1. The Balaban J connectivity index is 2.11. The smallest absolute Gasteiger partial charge is 0.276 e. The van der Waals surface area contributed by atoms with Crippen molar-refractivity contribution in [3.8, 4) is 0 Å². The van der Waals surface area contributed by atoms with Gasteiger partial charge >= 0.3 is 0 Å². The molecule has 0 unspecified atom stereocenters. The molecule has 2 aromatic carbocycles. The third-order valence-electron chi connectivity index (χ3n) is 3.61. The number of rotatable bonds is 4. The molecule has 25 heavy (non-hydrogen) atoms. The van der Waals surface area contributed by atoms with E-state index in [1.165, 1.54) is 18.2 Å². The minimum absolute atomic E-state index is 0.162. The fourth-order valence-electron chi connectivity index (χ4n) is 2.39. The molecule has 0 spiro atoms. The topological polar surface area (TPSA) is 142 Å². The molecule has 0 radical (unpaired) electrons. The van der Waals surface area contributed by atoms with Crippen LogP contribution in [0.25, 0.3) is 11.0 Å². The van der Waals surface area contributed by atoms with E-state index in [4.69, 9.17) is 0 Å². The van der Waals surface area contributed by atoms with Crippen LogP contribution in [0.15, 0.2) is 58.5 Å². The van der Waals surface area contributed by atoms with Crippen LogP contribution < -0.4 is 5.56 Å². The van der Waals surface area contributed by atoms with Gasteiger partial charge in [-0.3, -0.25) is 14.9 Å². The second-order valence-corrected chi connectivity index (χ2v) is 5.17. The number of nitro benzene ring substituents is 1. The number of nitro groups is 1. The van der Waals surface area contributed by atoms with Crippen LogP contribution in [0, 0.1) is 10.1 Å². The number of aromatic nitrogens is 2. The van der Waals surface area contributed by atoms with Crippen LogP contribution in [0.1, 0.15) is 17.4 Å². The molecule has 0 amide bonds. The third kappa shape index (κ3) is 3.08. The minimum atomic E-state index is -1.37. The highest BCUT2D eigenvalue weighted by atomic mass is 16.6. The summed E-state index contributed by atoms with van der Waals surface area (Å²) in [5.74, 6) is 0. The summed E-state index contributed by atoms with van der Waals surface area (Å²) < 4.78 is 0. The van der Waals surface area contributed by atoms with Crippen molar-refractivity contribution < 1.29 is 15.2 Å². The summed E-state index contributed by atoms with van der Waals surface area (Å²) in [5, 5.41) is 33.5. The molecule has 3 N–H and O–H groups in total. The number of benzene rings is 2. The van der Waals surface area contributed by atoms with E-state index in [2.05, 4.69) is 15.1 Å². The van der Waals surface area contributed by atoms with E-state index in [9.17, 15) is 25.2 Å². The molecule has 1 aromatic heterocycles. The van der Waals surface area contributed by atoms with E-state index in [1.54, 1.807) is 30.3 Å². The fourth-order valence-corrected chi connectivity index (χ4v) is 2.39. The molecule has 0 saturated carbocycles. The van der Waals surface area contributed by atoms with E-state index < -0.39 is 16.6 Å². The molecule has 3 rings (SSSR count). The van der Waals surface area contributed by atoms with Crippen molar-refractivity contribution in [1.82, 2.24) is 9.97 Å². The fraction of sp³-hybridized carbons (Fsp3) is 0.0625. The molecule has 0 fully saturated rings. The maximum absolute atomic E-state index is 12.3. The number of nitrogens with zero attached hydrogens (tertiary/aromatic N) is 3. The number of aliphatic hydroxyl groups is 1. The molecule has 0 saturated heterocycles. The van der Waals surface area contributed by atoms with Gasteiger partial charge in [-0.2, -0.15) is 0 Å². The molecule has 1 atom stereocenters. The molecule has 1 heterocycles. The Morgan fingerprint density at radius 3 is 2.60 bits per heavy atom. The summed E-state index contributed by atoms with van der Waals surface area (Å²) in [7, 11) is 0. The van der Waals surface area contributed by atoms with Crippen LogP contribution in [-0.2, 0) is 0 Å². The summed E-state index contributed by atoms with van der Waals surface area (Å²) in [6.07, 6.45) is -1.37. The van der Waals surface area contributed by atoms with Gasteiger partial charge in [0.15, 0.2) is 5.69 Å². The summed E-state index contributed by atoms with van der Waals surface area (Å²) in [6, 6.07) is 12.1. The molecular weight excluding hydrogens is 328 g/mol. The zero-order valence-electron chi connectivity index (χ0n) is 12.7. The quantitative estimate of drug-likeness (QED) is 0.286. The summed E-state index contributed by atoms with van der Waals surface area (Å²) in [4.78, 5) is 29.0. The molecule has 0 aliphatic heterocycles. The molecule has 0 aliphatic rings. The lowest BCUT2D eigenvalue weighted by molar-refractivity contribution is -0.384. The first-order chi connectivity index (χ1) is 12.0. The average Bonchev–Trinajstić information content (AvgIpc) is 2.62. The van der Waals surface area contributed by atoms with Gasteiger partial charge in [0.25, 0.3) is 11.2 Å². The highest BCUT2D eigenvalue weighted by Crippen LogP contribution is 2.20. The van der Waals surface area contributed by atoms with E-state index in [0.717, 1.165) is 0 Å². The van der Waals surface area contributed by atoms with Gasteiger partial charge in [0.05, 0.1) is 16.0 Å². The molecule has 3 aromatic rings. The molecule has 9 heteroatoms. The number of non-ortho nitro benzene ring substituents is 1. The third-order valence-corrected chi connectivity index (χ3v) is 3.61. The Kier molecular flexibility index (Phi) is 4.23. The van der Waals surface area contributed by atoms with Crippen molar-refractivity contribution >= 4 is 22.4 Å². The normalized spacial score (nSPS) is 12.9. The first kappa shape index (κ1) is 16.3. The molecule has 126 valence electrons. The largest absolute Gasteiger partial charge is 0.410 e. The van der Waals surface area contributed by atoms with E-state index in [1.807, 2.05) is 0 Å². The Morgan fingerprint density at radius 2 is 1.96 bits per heavy atom. The van der Waals surface area contributed by atoms with Crippen LogP contribution >= 0.6 is 0 Å². The highest BCUT2D eigenvalue weighted by Gasteiger charge is 2.23. The Labute approximate surface area is 140 Å². The zero-order valence-corrected chi connectivity index (χ0v) is 12.7. The van der Waals surface area contributed by atoms with Crippen LogP contribution in [0.3, 0.4) is 0 Å². The predicted molar refractivity (Wildman–Crippen MR) is 88.7 cm³/mol. The van der Waals surface area contributed by atoms with Gasteiger partial charge in [-0.15, -0.1) is 0 Å². The van der Waals surface area contributed by atoms with Gasteiger partial charge in [-0.1, -0.05) is 35.5 Å². The van der Waals surface area contributed by atoms with Gasteiger partial charge in [0, 0.05) is 12.1 Å². The van der Waals surface area contributed by atoms with Gasteiger partial charge in [0.1, 0.15) is 11.8 Å². The number of fused-ring (bicyclic) bond motifs is 1. The lowest BCUT2D eigenvalue weighted by Crippen LogP contribution is -2.25. The van der Waals surface area contributed by atoms with Crippen molar-refractivity contribution in [2.45, 2.75) is 6.10 Å². The number of aromatic amines is 1. The number of H-pyrrole nitrogens is 1. The van der Waals surface area contributed by atoms with Gasteiger partial charge < -0.3 is 15.3 Å². The van der Waals surface area contributed by atoms with E-state index in [-0.39, 0.29) is 28.1 Å². The van der Waals surface area contributed by atoms with Gasteiger partial charge in [-0.25, -0.2) is 4.98 Å². The summed E-state index contributed by atoms with van der Waals surface area (Å²) in [6.45, 7) is 0. The first-order valence-corrected chi connectivity index (χ1v) is 7.15. The van der Waals surface area contributed by atoms with Crippen molar-refractivity contribution in [3.05, 3.63) is 80.3 Å². The van der Waals surface area contributed by atoms with E-state index >= 15 is 0 Å². The molecule has 0 bridgehead atoms. The predicted octanol–water partition coefficient (Wildman–Crippen LogP) is 1.74. The van der Waals surface area contributed by atoms with Crippen LogP contribution in [-0.4, -0.2) is 30.9 Å². The summed E-state index contributed by atoms with van der Waals surface area (Å²) in [5.41, 5.74) is -0.710. The van der Waals surface area contributed by atoms with Crippen molar-refractivity contribution in [2.24, 2.45) is 5.16 Å². The minimum Gasteiger partial charge on any atom is -0.410 e. The second-order valence-electron chi connectivity index (χ2n) is 5.17. The molecule has 0 aliphatic carbocycles. The molecule has 9 nitrogen and oxygen atoms in total. The maximum Gasteiger partial charge on any atom is 0.276 e.